The number of fused-ring (bicyclic) bond motifs is 1. The SMILES string of the molecule is CN(CC1CCCN(C(=O)c2ccc3nc(Cl)ccc3c2)C1)C(=O)OC(C)(C)C. The summed E-state index contributed by atoms with van der Waals surface area (Å²) in [4.78, 5) is 33.0. The van der Waals surface area contributed by atoms with Crippen molar-refractivity contribution in [2.75, 3.05) is 26.7 Å². The number of hydrogen-bond acceptors (Lipinski definition) is 4. The van der Waals surface area contributed by atoms with E-state index in [1.165, 1.54) is 0 Å². The second-order valence-corrected chi connectivity index (χ2v) is 9.05. The maximum Gasteiger partial charge on any atom is 0.410 e. The van der Waals surface area contributed by atoms with Crippen LogP contribution in [0.4, 0.5) is 4.79 Å². The molecular weight excluding hydrogens is 390 g/mol. The zero-order chi connectivity index (χ0) is 21.2. The first-order valence-corrected chi connectivity index (χ1v) is 10.3. The molecule has 2 amide bonds. The second kappa shape index (κ2) is 8.57. The van der Waals surface area contributed by atoms with Crippen LogP contribution in [0.5, 0.6) is 0 Å². The maximum atomic E-state index is 13.0. The highest BCUT2D eigenvalue weighted by Crippen LogP contribution is 2.22. The molecule has 1 aromatic heterocycles. The van der Waals surface area contributed by atoms with Crippen LogP contribution < -0.4 is 0 Å². The van der Waals surface area contributed by atoms with E-state index in [4.69, 9.17) is 16.3 Å². The van der Waals surface area contributed by atoms with Crippen LogP contribution in [0.25, 0.3) is 10.9 Å². The predicted molar refractivity (Wildman–Crippen MR) is 114 cm³/mol. The Labute approximate surface area is 176 Å². The lowest BCUT2D eigenvalue weighted by Crippen LogP contribution is -2.45. The Morgan fingerprint density at radius 2 is 2.03 bits per heavy atom. The van der Waals surface area contributed by atoms with Crippen LogP contribution in [-0.4, -0.2) is 59.1 Å². The second-order valence-electron chi connectivity index (χ2n) is 8.66. The van der Waals surface area contributed by atoms with Gasteiger partial charge in [0.25, 0.3) is 5.91 Å². The fourth-order valence-corrected chi connectivity index (χ4v) is 3.77. The molecule has 1 unspecified atom stereocenters. The number of ether oxygens (including phenoxy) is 1. The minimum atomic E-state index is -0.519. The van der Waals surface area contributed by atoms with Crippen molar-refractivity contribution >= 4 is 34.5 Å². The van der Waals surface area contributed by atoms with Gasteiger partial charge in [0.1, 0.15) is 10.8 Å². The van der Waals surface area contributed by atoms with Gasteiger partial charge in [-0.15, -0.1) is 0 Å². The van der Waals surface area contributed by atoms with Crippen molar-refractivity contribution < 1.29 is 14.3 Å². The number of carbonyl (C=O) groups excluding carboxylic acids is 2. The van der Waals surface area contributed by atoms with Crippen molar-refractivity contribution in [1.29, 1.82) is 0 Å². The molecule has 1 aliphatic heterocycles. The Hall–Kier alpha value is -2.34. The topological polar surface area (TPSA) is 62.7 Å². The highest BCUT2D eigenvalue weighted by Gasteiger charge is 2.28. The molecule has 1 saturated heterocycles. The zero-order valence-electron chi connectivity index (χ0n) is 17.4. The number of nitrogens with zero attached hydrogens (tertiary/aromatic N) is 3. The number of carbonyl (C=O) groups is 2. The molecule has 3 rings (SSSR count). The van der Waals surface area contributed by atoms with Crippen LogP contribution in [0.3, 0.4) is 0 Å². The van der Waals surface area contributed by atoms with E-state index in [0.29, 0.717) is 23.8 Å². The van der Waals surface area contributed by atoms with E-state index < -0.39 is 5.60 Å². The van der Waals surface area contributed by atoms with Crippen molar-refractivity contribution in [3.8, 4) is 0 Å². The van der Waals surface area contributed by atoms with Crippen molar-refractivity contribution in [1.82, 2.24) is 14.8 Å². The van der Waals surface area contributed by atoms with Crippen LogP contribution in [0.15, 0.2) is 30.3 Å². The van der Waals surface area contributed by atoms with E-state index in [9.17, 15) is 9.59 Å². The van der Waals surface area contributed by atoms with Crippen molar-refractivity contribution in [3.63, 3.8) is 0 Å². The van der Waals surface area contributed by atoms with Crippen molar-refractivity contribution in [2.45, 2.75) is 39.2 Å². The molecule has 0 radical (unpaired) electrons. The number of likely N-dealkylation sites (tertiary alicyclic amines) is 1. The number of rotatable bonds is 3. The summed E-state index contributed by atoms with van der Waals surface area (Å²) in [6, 6.07) is 9.08. The molecule has 0 bridgehead atoms. The van der Waals surface area contributed by atoms with Gasteiger partial charge >= 0.3 is 6.09 Å². The quantitative estimate of drug-likeness (QED) is 0.684. The monoisotopic (exact) mass is 417 g/mol. The molecule has 0 N–H and O–H groups in total. The molecule has 1 atom stereocenters. The minimum Gasteiger partial charge on any atom is -0.444 e. The number of halogens is 1. The molecule has 0 aliphatic carbocycles. The Morgan fingerprint density at radius 1 is 1.28 bits per heavy atom. The first kappa shape index (κ1) is 21.4. The predicted octanol–water partition coefficient (Wildman–Crippen LogP) is 4.61. The molecule has 0 spiro atoms. The van der Waals surface area contributed by atoms with Gasteiger partial charge in [-0.3, -0.25) is 4.79 Å². The average molecular weight is 418 g/mol. The van der Waals surface area contributed by atoms with Gasteiger partial charge in [0.05, 0.1) is 5.52 Å². The van der Waals surface area contributed by atoms with Gasteiger partial charge in [-0.25, -0.2) is 9.78 Å². The fraction of sp³-hybridized carbons (Fsp3) is 0.500. The Kier molecular flexibility index (Phi) is 6.32. The smallest absolute Gasteiger partial charge is 0.410 e. The minimum absolute atomic E-state index is 0.00599. The summed E-state index contributed by atoms with van der Waals surface area (Å²) >= 11 is 5.93. The number of piperidine rings is 1. The number of aromatic nitrogens is 1. The van der Waals surface area contributed by atoms with Crippen LogP contribution in [-0.2, 0) is 4.74 Å². The molecular formula is C22H28ClN3O3. The maximum absolute atomic E-state index is 13.0. The van der Waals surface area contributed by atoms with Gasteiger partial charge in [0.15, 0.2) is 0 Å². The van der Waals surface area contributed by atoms with Crippen molar-refractivity contribution in [3.05, 3.63) is 41.0 Å². The molecule has 156 valence electrons. The first-order valence-electron chi connectivity index (χ1n) is 9.92. The molecule has 1 fully saturated rings. The van der Waals surface area contributed by atoms with Gasteiger partial charge in [0.2, 0.25) is 0 Å². The molecule has 0 saturated carbocycles. The molecule has 29 heavy (non-hydrogen) atoms. The van der Waals surface area contributed by atoms with Crippen LogP contribution >= 0.6 is 11.6 Å². The van der Waals surface area contributed by atoms with Crippen LogP contribution in [0.1, 0.15) is 44.0 Å². The average Bonchev–Trinajstić information content (AvgIpc) is 2.66. The lowest BCUT2D eigenvalue weighted by atomic mass is 9.96. The highest BCUT2D eigenvalue weighted by molar-refractivity contribution is 6.29. The summed E-state index contributed by atoms with van der Waals surface area (Å²) in [7, 11) is 1.75. The molecule has 7 heteroatoms. The number of benzene rings is 1. The Balaban J connectivity index is 1.65. The fourth-order valence-electron chi connectivity index (χ4n) is 3.62. The first-order chi connectivity index (χ1) is 13.6. The molecule has 6 nitrogen and oxygen atoms in total. The van der Waals surface area contributed by atoms with E-state index >= 15 is 0 Å². The lowest BCUT2D eigenvalue weighted by Gasteiger charge is -2.35. The van der Waals surface area contributed by atoms with E-state index in [1.807, 2.05) is 43.9 Å². The van der Waals surface area contributed by atoms with E-state index in [1.54, 1.807) is 24.1 Å². The zero-order valence-corrected chi connectivity index (χ0v) is 18.2. The number of amides is 2. The standard InChI is InChI=1S/C22H28ClN3O3/c1-22(2,3)29-21(28)25(4)13-15-6-5-11-26(14-15)20(27)17-7-9-18-16(12-17)8-10-19(23)24-18/h7-10,12,15H,5-6,11,13-14H2,1-4H3. The lowest BCUT2D eigenvalue weighted by molar-refractivity contribution is 0.0244. The van der Waals surface area contributed by atoms with Gasteiger partial charge in [-0.05, 0) is 69.9 Å². The largest absolute Gasteiger partial charge is 0.444 e. The Bertz CT molecular complexity index is 910. The number of hydrogen-bond donors (Lipinski definition) is 0. The summed E-state index contributed by atoms with van der Waals surface area (Å²) in [6.45, 7) is 7.48. The van der Waals surface area contributed by atoms with Crippen molar-refractivity contribution in [2.24, 2.45) is 5.92 Å². The molecule has 2 aromatic rings. The summed E-state index contributed by atoms with van der Waals surface area (Å²) in [5, 5.41) is 1.32. The normalized spacial score (nSPS) is 17.3. The van der Waals surface area contributed by atoms with E-state index in [-0.39, 0.29) is 17.9 Å². The van der Waals surface area contributed by atoms with Gasteiger partial charge < -0.3 is 14.5 Å². The third-order valence-electron chi connectivity index (χ3n) is 4.95. The Morgan fingerprint density at radius 3 is 2.76 bits per heavy atom. The number of pyridine rings is 1. The summed E-state index contributed by atoms with van der Waals surface area (Å²) in [6.07, 6.45) is 1.57. The van der Waals surface area contributed by atoms with E-state index in [2.05, 4.69) is 4.98 Å². The molecule has 2 heterocycles. The van der Waals surface area contributed by atoms with Crippen LogP contribution in [0, 0.1) is 5.92 Å². The molecule has 1 aliphatic rings. The van der Waals surface area contributed by atoms with Gasteiger partial charge in [-0.2, -0.15) is 0 Å². The summed E-state index contributed by atoms with van der Waals surface area (Å²) in [5.74, 6) is 0.234. The third kappa shape index (κ3) is 5.60. The summed E-state index contributed by atoms with van der Waals surface area (Å²) in [5.41, 5.74) is 0.891. The van der Waals surface area contributed by atoms with E-state index in [0.717, 1.165) is 30.3 Å². The summed E-state index contributed by atoms with van der Waals surface area (Å²) < 4.78 is 5.43. The third-order valence-corrected chi connectivity index (χ3v) is 5.16. The highest BCUT2D eigenvalue weighted by atomic mass is 35.5. The van der Waals surface area contributed by atoms with Crippen LogP contribution in [0.2, 0.25) is 5.15 Å². The van der Waals surface area contributed by atoms with Gasteiger partial charge in [-0.1, -0.05) is 11.6 Å². The van der Waals surface area contributed by atoms with Gasteiger partial charge in [0, 0.05) is 37.6 Å². The molecule has 1 aromatic carbocycles.